The molecule has 6 nitrogen and oxygen atoms in total. The molecule has 0 saturated heterocycles. The van der Waals surface area contributed by atoms with Crippen molar-refractivity contribution in [2.24, 2.45) is 0 Å². The van der Waals surface area contributed by atoms with Crippen LogP contribution < -0.4 is 0 Å². The highest BCUT2D eigenvalue weighted by molar-refractivity contribution is 5.71. The minimum atomic E-state index is -0.810. The third kappa shape index (κ3) is 46.9. The summed E-state index contributed by atoms with van der Waals surface area (Å²) in [5.74, 6) is -1.01. The Kier molecular flexibility index (Phi) is 46.1. The summed E-state index contributed by atoms with van der Waals surface area (Å²) in [6.07, 6.45) is 67.8. The Morgan fingerprint density at radius 3 is 1.05 bits per heavy atom. The molecule has 0 aliphatic rings. The predicted molar refractivity (Wildman–Crippen MR) is 265 cm³/mol. The number of hydrogen-bond donors (Lipinski definition) is 0. The number of hydrogen-bond acceptors (Lipinski definition) is 6. The van der Waals surface area contributed by atoms with Crippen LogP contribution in [-0.2, 0) is 28.6 Å². The Morgan fingerprint density at radius 1 is 0.339 bits per heavy atom. The molecule has 1 unspecified atom stereocenters. The first kappa shape index (κ1) is 57.8. The molecule has 0 heterocycles. The van der Waals surface area contributed by atoms with Crippen molar-refractivity contribution in [2.45, 2.75) is 200 Å². The molecule has 0 aromatic rings. The van der Waals surface area contributed by atoms with Gasteiger partial charge in [0.2, 0.25) is 0 Å². The third-order valence-corrected chi connectivity index (χ3v) is 9.71. The minimum absolute atomic E-state index is 0.107. The van der Waals surface area contributed by atoms with Gasteiger partial charge < -0.3 is 14.2 Å². The molecule has 1 atom stereocenters. The van der Waals surface area contributed by atoms with Crippen molar-refractivity contribution >= 4 is 17.9 Å². The van der Waals surface area contributed by atoms with E-state index in [1.807, 2.05) is 0 Å². The van der Waals surface area contributed by atoms with Crippen LogP contribution in [0.5, 0.6) is 0 Å². The van der Waals surface area contributed by atoms with E-state index in [-0.39, 0.29) is 37.5 Å². The van der Waals surface area contributed by atoms with Crippen molar-refractivity contribution < 1.29 is 28.6 Å². The highest BCUT2D eigenvalue weighted by atomic mass is 16.6. The summed E-state index contributed by atoms with van der Waals surface area (Å²) < 4.78 is 16.6. The molecule has 0 spiro atoms. The van der Waals surface area contributed by atoms with E-state index in [1.165, 1.54) is 19.3 Å². The lowest BCUT2D eigenvalue weighted by Crippen LogP contribution is -2.30. The lowest BCUT2D eigenvalue weighted by Gasteiger charge is -2.18. The number of esters is 3. The zero-order valence-corrected chi connectivity index (χ0v) is 39.6. The average molecular weight is 857 g/mol. The first-order chi connectivity index (χ1) is 30.5. The van der Waals surface area contributed by atoms with Crippen molar-refractivity contribution in [3.05, 3.63) is 122 Å². The Labute approximate surface area is 380 Å². The van der Waals surface area contributed by atoms with Crippen LogP contribution >= 0.6 is 0 Å². The van der Waals surface area contributed by atoms with Gasteiger partial charge in [0.1, 0.15) is 13.2 Å². The summed E-state index contributed by atoms with van der Waals surface area (Å²) in [7, 11) is 0. The predicted octanol–water partition coefficient (Wildman–Crippen LogP) is 16.1. The van der Waals surface area contributed by atoms with Gasteiger partial charge in [-0.2, -0.15) is 0 Å². The number of unbranched alkanes of at least 4 members (excludes halogenated alkanes) is 11. The van der Waals surface area contributed by atoms with Gasteiger partial charge in [-0.15, -0.1) is 0 Å². The van der Waals surface area contributed by atoms with E-state index in [9.17, 15) is 14.4 Å². The van der Waals surface area contributed by atoms with Gasteiger partial charge in [-0.05, 0) is 103 Å². The smallest absolute Gasteiger partial charge is 0.306 e. The van der Waals surface area contributed by atoms with Crippen LogP contribution in [0.1, 0.15) is 194 Å². The van der Waals surface area contributed by atoms with Crippen molar-refractivity contribution in [1.29, 1.82) is 0 Å². The van der Waals surface area contributed by atoms with Gasteiger partial charge in [0, 0.05) is 19.3 Å². The summed E-state index contributed by atoms with van der Waals surface area (Å²) in [5.41, 5.74) is 0. The minimum Gasteiger partial charge on any atom is -0.462 e. The molecule has 62 heavy (non-hydrogen) atoms. The SMILES string of the molecule is CC/C=C\C/C=C\C/C=C\C/C=C\C/C=C\C/C=C\C/C=C\CCCC(=O)OCC(COC(=O)CCCCCCCC)OC(=O)CCCCCCC/C=C\C/C=C\C/C=C\CC. The van der Waals surface area contributed by atoms with Crippen molar-refractivity contribution in [3.8, 4) is 0 Å². The second kappa shape index (κ2) is 49.5. The Balaban J connectivity index is 4.38. The van der Waals surface area contributed by atoms with E-state index >= 15 is 0 Å². The molecule has 0 saturated carbocycles. The van der Waals surface area contributed by atoms with Gasteiger partial charge in [0.05, 0.1) is 0 Å². The van der Waals surface area contributed by atoms with Gasteiger partial charge in [-0.1, -0.05) is 194 Å². The number of allylic oxidation sites excluding steroid dienone is 20. The summed E-state index contributed by atoms with van der Waals surface area (Å²) in [6.45, 7) is 6.26. The van der Waals surface area contributed by atoms with Gasteiger partial charge in [-0.3, -0.25) is 14.4 Å². The van der Waals surface area contributed by atoms with Gasteiger partial charge in [0.15, 0.2) is 6.10 Å². The van der Waals surface area contributed by atoms with Crippen molar-refractivity contribution in [2.75, 3.05) is 13.2 Å². The van der Waals surface area contributed by atoms with Gasteiger partial charge in [0.25, 0.3) is 0 Å². The Bertz CT molecular complexity index is 1350. The van der Waals surface area contributed by atoms with Crippen LogP contribution in [0, 0.1) is 0 Å². The van der Waals surface area contributed by atoms with Crippen molar-refractivity contribution in [3.63, 3.8) is 0 Å². The molecule has 0 amide bonds. The number of carbonyl (C=O) groups is 3. The van der Waals surface area contributed by atoms with Crippen LogP contribution in [0.4, 0.5) is 0 Å². The Hall–Kier alpha value is -4.19. The number of rotatable bonds is 42. The van der Waals surface area contributed by atoms with Gasteiger partial charge >= 0.3 is 17.9 Å². The maximum absolute atomic E-state index is 12.7. The van der Waals surface area contributed by atoms with Crippen LogP contribution in [0.2, 0.25) is 0 Å². The van der Waals surface area contributed by atoms with Crippen LogP contribution in [0.3, 0.4) is 0 Å². The summed E-state index contributed by atoms with van der Waals surface area (Å²) in [4.78, 5) is 37.7. The molecule has 0 bridgehead atoms. The molecule has 0 aliphatic heterocycles. The molecule has 0 fully saturated rings. The summed E-state index contributed by atoms with van der Waals surface area (Å²) >= 11 is 0. The molecule has 0 rings (SSSR count). The molecule has 0 aliphatic carbocycles. The molecular weight excluding hydrogens is 769 g/mol. The maximum atomic E-state index is 12.7. The summed E-state index contributed by atoms with van der Waals surface area (Å²) in [6, 6.07) is 0. The second-order valence-corrected chi connectivity index (χ2v) is 15.6. The standard InChI is InChI=1S/C56H88O6/c1-4-7-10-13-16-18-20-22-24-25-26-27-28-29-30-31-33-34-36-38-40-43-46-49-55(58)61-52-53(51-60-54(57)48-45-42-15-12-9-6-3)62-56(59)50-47-44-41-39-37-35-32-23-21-19-17-14-11-8-5-2/h7-8,10-11,16-19,22-24,26-27,29-30,32-34,38,40,53H,4-6,9,12-15,20-21,25,28,31,35-37,39,41-52H2,1-3H3/b10-7-,11-8-,18-16-,19-17-,24-22-,27-26-,30-29-,32-23-,34-33-,40-38-. The van der Waals surface area contributed by atoms with E-state index in [4.69, 9.17) is 14.2 Å². The molecule has 0 N–H and O–H groups in total. The first-order valence-corrected chi connectivity index (χ1v) is 24.5. The van der Waals surface area contributed by atoms with E-state index in [2.05, 4.69) is 142 Å². The average Bonchev–Trinajstić information content (AvgIpc) is 3.27. The van der Waals surface area contributed by atoms with Crippen LogP contribution in [-0.4, -0.2) is 37.2 Å². The zero-order chi connectivity index (χ0) is 45.1. The molecule has 0 radical (unpaired) electrons. The largest absolute Gasteiger partial charge is 0.462 e. The molecular formula is C56H88O6. The monoisotopic (exact) mass is 857 g/mol. The van der Waals surface area contributed by atoms with Crippen LogP contribution in [0.15, 0.2) is 122 Å². The highest BCUT2D eigenvalue weighted by Crippen LogP contribution is 2.12. The molecule has 348 valence electrons. The van der Waals surface area contributed by atoms with E-state index < -0.39 is 6.10 Å². The van der Waals surface area contributed by atoms with E-state index in [0.29, 0.717) is 19.3 Å². The normalized spacial score (nSPS) is 13.1. The molecule has 0 aromatic heterocycles. The summed E-state index contributed by atoms with van der Waals surface area (Å²) in [5, 5.41) is 0. The number of ether oxygens (including phenoxy) is 3. The van der Waals surface area contributed by atoms with Crippen LogP contribution in [0.25, 0.3) is 0 Å². The zero-order valence-electron chi connectivity index (χ0n) is 39.6. The maximum Gasteiger partial charge on any atom is 0.306 e. The number of carbonyl (C=O) groups excluding carboxylic acids is 3. The topological polar surface area (TPSA) is 78.9 Å². The quantitative estimate of drug-likeness (QED) is 0.0263. The fourth-order valence-electron chi connectivity index (χ4n) is 6.09. The van der Waals surface area contributed by atoms with Gasteiger partial charge in [-0.25, -0.2) is 0 Å². The Morgan fingerprint density at radius 2 is 0.645 bits per heavy atom. The lowest BCUT2D eigenvalue weighted by atomic mass is 10.1. The van der Waals surface area contributed by atoms with E-state index in [0.717, 1.165) is 128 Å². The van der Waals surface area contributed by atoms with E-state index in [1.54, 1.807) is 0 Å². The molecule has 6 heteroatoms. The highest BCUT2D eigenvalue weighted by Gasteiger charge is 2.19. The second-order valence-electron chi connectivity index (χ2n) is 15.6. The lowest BCUT2D eigenvalue weighted by molar-refractivity contribution is -0.167. The molecule has 0 aromatic carbocycles. The fraction of sp³-hybridized carbons (Fsp3) is 0.589. The first-order valence-electron chi connectivity index (χ1n) is 24.5. The fourth-order valence-corrected chi connectivity index (χ4v) is 6.09. The third-order valence-electron chi connectivity index (χ3n) is 9.71. The van der Waals surface area contributed by atoms with Crippen molar-refractivity contribution in [1.82, 2.24) is 0 Å².